The van der Waals surface area contributed by atoms with Gasteiger partial charge >= 0.3 is 0 Å². The second-order valence-electron chi connectivity index (χ2n) is 6.34. The summed E-state index contributed by atoms with van der Waals surface area (Å²) in [6.45, 7) is 4.76. The summed E-state index contributed by atoms with van der Waals surface area (Å²) in [4.78, 5) is 14.6. The number of carbonyl (C=O) groups excluding carboxylic acids is 1. The second-order valence-corrected chi connectivity index (χ2v) is 7.94. The zero-order valence-corrected chi connectivity index (χ0v) is 14.2. The Hall–Kier alpha value is 0.240. The van der Waals surface area contributed by atoms with Crippen LogP contribution in [0.25, 0.3) is 0 Å². The Bertz CT molecular complexity index is 340. The molecule has 0 bridgehead atoms. The number of hydrogen-bond donors (Lipinski definition) is 1. The lowest BCUT2D eigenvalue weighted by Crippen LogP contribution is -2.45. The first-order valence-corrected chi connectivity index (χ1v) is 8.76. The number of likely N-dealkylation sites (tertiary alicyclic amines) is 1. The van der Waals surface area contributed by atoms with Crippen molar-refractivity contribution in [1.29, 1.82) is 0 Å². The molecule has 5 nitrogen and oxygen atoms in total. The number of rotatable bonds is 4. The van der Waals surface area contributed by atoms with Crippen LogP contribution in [0.4, 0.5) is 0 Å². The molecule has 1 N–H and O–H groups in total. The molecule has 116 valence electrons. The fraction of sp³-hybridized carbons (Fsp3) is 0.929. The zero-order chi connectivity index (χ0) is 14.7. The van der Waals surface area contributed by atoms with Crippen LogP contribution in [-0.4, -0.2) is 50.7 Å². The second kappa shape index (κ2) is 7.49. The van der Waals surface area contributed by atoms with Crippen molar-refractivity contribution in [2.24, 2.45) is 11.8 Å². The van der Waals surface area contributed by atoms with Gasteiger partial charge in [-0.15, -0.1) is 0 Å². The van der Waals surface area contributed by atoms with Crippen LogP contribution in [0.1, 0.15) is 39.0 Å². The van der Waals surface area contributed by atoms with Gasteiger partial charge in [0.1, 0.15) is 5.78 Å². The Morgan fingerprint density at radius 2 is 2.20 bits per heavy atom. The number of hydrogen-bond acceptors (Lipinski definition) is 5. The van der Waals surface area contributed by atoms with Crippen LogP contribution in [0.2, 0.25) is 0 Å². The van der Waals surface area contributed by atoms with Crippen molar-refractivity contribution in [3.63, 3.8) is 0 Å². The van der Waals surface area contributed by atoms with Crippen LogP contribution in [-0.2, 0) is 4.79 Å². The average molecular weight is 395 g/mol. The summed E-state index contributed by atoms with van der Waals surface area (Å²) in [5, 5.41) is 20.4. The number of halogens is 1. The van der Waals surface area contributed by atoms with Crippen LogP contribution in [0.15, 0.2) is 0 Å². The molecule has 0 aromatic rings. The van der Waals surface area contributed by atoms with Gasteiger partial charge in [-0.1, -0.05) is 29.5 Å². The normalized spacial score (nSPS) is 36.2. The summed E-state index contributed by atoms with van der Waals surface area (Å²) in [6.07, 6.45) is 4.60. The SMILES string of the molecule is CC1CCCN(CC(=O)C2CCC(I)C(N([O-])O)C2)C1. The molecule has 4 unspecified atom stereocenters. The standard InChI is InChI=1S/C14H24IN2O3/c1-10-3-2-6-16(8-10)9-14(18)11-4-5-12(15)13(7-11)17(19)20/h10-13,19H,2-9H2,1H3/q-1. The van der Waals surface area contributed by atoms with E-state index in [4.69, 9.17) is 5.21 Å². The number of piperidine rings is 1. The summed E-state index contributed by atoms with van der Waals surface area (Å²) < 4.78 is 0.133. The molecule has 2 fully saturated rings. The summed E-state index contributed by atoms with van der Waals surface area (Å²) >= 11 is 2.20. The largest absolute Gasteiger partial charge is 0.762 e. The Labute approximate surface area is 134 Å². The maximum Gasteiger partial charge on any atom is 0.149 e. The number of hydroxylamine groups is 2. The first kappa shape index (κ1) is 16.6. The molecule has 0 spiro atoms. The molecule has 1 heterocycles. The summed E-state index contributed by atoms with van der Waals surface area (Å²) in [7, 11) is 0. The third-order valence-corrected chi connectivity index (χ3v) is 6.05. The molecule has 0 radical (unpaired) electrons. The monoisotopic (exact) mass is 395 g/mol. The molecule has 1 aliphatic carbocycles. The zero-order valence-electron chi connectivity index (χ0n) is 12.0. The number of Topliss-reactive ketones (excluding diaryl/α,β-unsaturated/α-hetero) is 1. The topological polar surface area (TPSA) is 66.8 Å². The van der Waals surface area contributed by atoms with E-state index in [1.807, 2.05) is 0 Å². The van der Waals surface area contributed by atoms with Gasteiger partial charge in [-0.3, -0.25) is 14.9 Å². The maximum atomic E-state index is 12.4. The predicted octanol–water partition coefficient (Wildman–Crippen LogP) is 2.45. The van der Waals surface area contributed by atoms with Gasteiger partial charge in [0.15, 0.2) is 0 Å². The summed E-state index contributed by atoms with van der Waals surface area (Å²) in [6, 6.07) is -0.432. The molecule has 1 aliphatic heterocycles. The quantitative estimate of drug-likeness (QED) is 0.450. The predicted molar refractivity (Wildman–Crippen MR) is 85.8 cm³/mol. The molecular weight excluding hydrogens is 371 g/mol. The van der Waals surface area contributed by atoms with E-state index in [0.717, 1.165) is 25.9 Å². The van der Waals surface area contributed by atoms with Crippen LogP contribution < -0.4 is 0 Å². The maximum absolute atomic E-state index is 12.4. The highest BCUT2D eigenvalue weighted by atomic mass is 127. The Morgan fingerprint density at radius 1 is 1.45 bits per heavy atom. The van der Waals surface area contributed by atoms with Crippen molar-refractivity contribution in [2.45, 2.75) is 49.0 Å². The van der Waals surface area contributed by atoms with Gasteiger partial charge < -0.3 is 10.4 Å². The lowest BCUT2D eigenvalue weighted by Gasteiger charge is -2.40. The van der Waals surface area contributed by atoms with Crippen molar-refractivity contribution < 1.29 is 10.0 Å². The van der Waals surface area contributed by atoms with Gasteiger partial charge in [-0.25, -0.2) is 0 Å². The molecule has 4 atom stereocenters. The van der Waals surface area contributed by atoms with Crippen LogP contribution in [0.5, 0.6) is 0 Å². The van der Waals surface area contributed by atoms with Gasteiger partial charge in [0.05, 0.1) is 6.54 Å². The van der Waals surface area contributed by atoms with Crippen molar-refractivity contribution in [2.75, 3.05) is 19.6 Å². The van der Waals surface area contributed by atoms with E-state index in [2.05, 4.69) is 34.4 Å². The third kappa shape index (κ3) is 4.37. The molecule has 0 aromatic heterocycles. The molecule has 1 saturated heterocycles. The highest BCUT2D eigenvalue weighted by molar-refractivity contribution is 14.1. The van der Waals surface area contributed by atoms with Crippen molar-refractivity contribution in [3.05, 3.63) is 5.21 Å². The van der Waals surface area contributed by atoms with Crippen molar-refractivity contribution in [1.82, 2.24) is 10.1 Å². The molecule has 2 rings (SSSR count). The van der Waals surface area contributed by atoms with E-state index in [0.29, 0.717) is 18.9 Å². The fourth-order valence-corrected chi connectivity index (χ4v) is 4.34. The minimum Gasteiger partial charge on any atom is -0.762 e. The van der Waals surface area contributed by atoms with Crippen LogP contribution in [0, 0.1) is 17.0 Å². The lowest BCUT2D eigenvalue weighted by atomic mass is 9.83. The van der Waals surface area contributed by atoms with Gasteiger partial charge in [0.2, 0.25) is 0 Å². The molecule has 20 heavy (non-hydrogen) atoms. The molecule has 1 saturated carbocycles. The van der Waals surface area contributed by atoms with Gasteiger partial charge in [-0.2, -0.15) is 0 Å². The minimum atomic E-state index is -0.432. The number of alkyl halides is 1. The van der Waals surface area contributed by atoms with Gasteiger partial charge in [-0.05, 0) is 44.6 Å². The molecular formula is C14H24IN2O3-. The summed E-state index contributed by atoms with van der Waals surface area (Å²) in [5.41, 5.74) is 0. The van der Waals surface area contributed by atoms with E-state index in [1.165, 1.54) is 12.8 Å². The highest BCUT2D eigenvalue weighted by Crippen LogP contribution is 2.32. The first-order chi connectivity index (χ1) is 9.47. The molecule has 2 aliphatic rings. The van der Waals surface area contributed by atoms with Crippen molar-refractivity contribution >= 4 is 28.4 Å². The number of ketones is 1. The lowest BCUT2D eigenvalue weighted by molar-refractivity contribution is -0.129. The highest BCUT2D eigenvalue weighted by Gasteiger charge is 2.33. The van der Waals surface area contributed by atoms with Crippen LogP contribution in [0.3, 0.4) is 0 Å². The Morgan fingerprint density at radius 3 is 2.85 bits per heavy atom. The van der Waals surface area contributed by atoms with Crippen LogP contribution >= 0.6 is 22.6 Å². The molecule has 0 amide bonds. The van der Waals surface area contributed by atoms with Crippen molar-refractivity contribution in [3.8, 4) is 0 Å². The first-order valence-electron chi connectivity index (χ1n) is 7.51. The molecule has 0 aromatic carbocycles. The van der Waals surface area contributed by atoms with Gasteiger partial charge in [0, 0.05) is 22.4 Å². The Balaban J connectivity index is 1.86. The summed E-state index contributed by atoms with van der Waals surface area (Å²) in [5.74, 6) is 0.852. The van der Waals surface area contributed by atoms with Gasteiger partial charge in [0.25, 0.3) is 0 Å². The van der Waals surface area contributed by atoms with E-state index in [-0.39, 0.29) is 20.9 Å². The minimum absolute atomic E-state index is 0.0551. The fourth-order valence-electron chi connectivity index (χ4n) is 3.41. The van der Waals surface area contributed by atoms with E-state index in [1.54, 1.807) is 0 Å². The third-order valence-electron chi connectivity index (χ3n) is 4.59. The molecule has 6 heteroatoms. The Kier molecular flexibility index (Phi) is 6.22. The smallest absolute Gasteiger partial charge is 0.149 e. The van der Waals surface area contributed by atoms with E-state index >= 15 is 0 Å². The number of carbonyl (C=O) groups is 1. The van der Waals surface area contributed by atoms with E-state index < -0.39 is 6.04 Å². The average Bonchev–Trinajstić information content (AvgIpc) is 2.38. The van der Waals surface area contributed by atoms with E-state index in [9.17, 15) is 10.0 Å². The number of nitrogens with zero attached hydrogens (tertiary/aromatic N) is 2.